The van der Waals surface area contributed by atoms with Gasteiger partial charge in [0.15, 0.2) is 17.9 Å². The molecule has 8 nitrogen and oxygen atoms in total. The standard InChI is InChI=1S/C25H41FN7O/c1-31(20-13-15-33(2,3)16-14-20)25-30-23(18-9-7-5-6-8-10-18)29-24(32(25)27)28-19-11-12-22(34-4)21(26)17-19/h11-12,17-18,20,25H,5-10,13-16,27H2,1-4H3,(H,28,29,30)/q+1. The van der Waals surface area contributed by atoms with Crippen LogP contribution in [-0.4, -0.2) is 79.9 Å². The Morgan fingerprint density at radius 2 is 1.79 bits per heavy atom. The average molecular weight is 475 g/mol. The minimum absolute atomic E-state index is 0.206. The maximum absolute atomic E-state index is 14.3. The molecular weight excluding hydrogens is 433 g/mol. The van der Waals surface area contributed by atoms with Crippen LogP contribution in [0.25, 0.3) is 0 Å². The summed E-state index contributed by atoms with van der Waals surface area (Å²) in [5, 5.41) is 4.85. The van der Waals surface area contributed by atoms with Crippen molar-refractivity contribution in [2.75, 3.05) is 46.7 Å². The van der Waals surface area contributed by atoms with Gasteiger partial charge in [-0.05, 0) is 32.0 Å². The van der Waals surface area contributed by atoms with Crippen LogP contribution in [0.2, 0.25) is 0 Å². The smallest absolute Gasteiger partial charge is 0.222 e. The number of nitrogens with zero attached hydrogens (tertiary/aromatic N) is 5. The van der Waals surface area contributed by atoms with E-state index in [9.17, 15) is 4.39 Å². The van der Waals surface area contributed by atoms with E-state index in [1.54, 1.807) is 17.1 Å². The van der Waals surface area contributed by atoms with Gasteiger partial charge in [0.05, 0.1) is 34.3 Å². The second-order valence-electron chi connectivity index (χ2n) is 10.6. The predicted molar refractivity (Wildman–Crippen MR) is 135 cm³/mol. The molecule has 188 valence electrons. The molecule has 2 aliphatic heterocycles. The molecule has 0 aromatic heterocycles. The monoisotopic (exact) mass is 474 g/mol. The summed E-state index contributed by atoms with van der Waals surface area (Å²) < 4.78 is 20.4. The number of piperidine rings is 1. The summed E-state index contributed by atoms with van der Waals surface area (Å²) in [6.07, 6.45) is 9.00. The molecule has 3 aliphatic rings. The first-order valence-electron chi connectivity index (χ1n) is 12.6. The quantitative estimate of drug-likeness (QED) is 0.387. The summed E-state index contributed by atoms with van der Waals surface area (Å²) in [6.45, 7) is 2.27. The van der Waals surface area contributed by atoms with E-state index in [0.29, 0.717) is 23.6 Å². The summed E-state index contributed by atoms with van der Waals surface area (Å²) in [7, 11) is 8.15. The number of aliphatic imine (C=N–C) groups is 2. The van der Waals surface area contributed by atoms with Crippen molar-refractivity contribution in [2.45, 2.75) is 63.7 Å². The Bertz CT molecular complexity index is 901. The van der Waals surface area contributed by atoms with E-state index >= 15 is 0 Å². The van der Waals surface area contributed by atoms with Gasteiger partial charge < -0.3 is 14.5 Å². The molecule has 1 atom stereocenters. The number of hydrogen-bond donors (Lipinski definition) is 2. The third kappa shape index (κ3) is 5.70. The zero-order chi connectivity index (χ0) is 24.3. The van der Waals surface area contributed by atoms with Crippen LogP contribution >= 0.6 is 0 Å². The lowest BCUT2D eigenvalue weighted by atomic mass is 9.99. The first-order valence-corrected chi connectivity index (χ1v) is 12.6. The number of anilines is 1. The van der Waals surface area contributed by atoms with Gasteiger partial charge >= 0.3 is 0 Å². The van der Waals surface area contributed by atoms with Crippen LogP contribution in [0.3, 0.4) is 0 Å². The number of quaternary nitrogens is 1. The highest BCUT2D eigenvalue weighted by Crippen LogP contribution is 2.29. The minimum Gasteiger partial charge on any atom is -0.494 e. The fourth-order valence-electron chi connectivity index (χ4n) is 5.32. The Hall–Kier alpha value is -2.23. The summed E-state index contributed by atoms with van der Waals surface area (Å²) >= 11 is 0. The van der Waals surface area contributed by atoms with Crippen LogP contribution in [0, 0.1) is 11.7 Å². The van der Waals surface area contributed by atoms with E-state index in [0.717, 1.165) is 49.1 Å². The van der Waals surface area contributed by atoms with Crippen molar-refractivity contribution in [2.24, 2.45) is 21.7 Å². The normalized spacial score (nSPS) is 24.4. The SMILES string of the molecule is COc1ccc(NC2=NC(C3CCCCCC3)=NC(N(C)C3CC[N+](C)(C)CC3)N2N)cc1F. The van der Waals surface area contributed by atoms with Crippen LogP contribution in [-0.2, 0) is 0 Å². The van der Waals surface area contributed by atoms with Crippen molar-refractivity contribution in [3.8, 4) is 5.75 Å². The first-order chi connectivity index (χ1) is 16.3. The molecule has 2 heterocycles. The molecular formula is C25H41FN7O+. The second-order valence-corrected chi connectivity index (χ2v) is 10.6. The molecule has 0 spiro atoms. The summed E-state index contributed by atoms with van der Waals surface area (Å²) in [6, 6.07) is 5.19. The zero-order valence-corrected chi connectivity index (χ0v) is 21.1. The van der Waals surface area contributed by atoms with Crippen molar-refractivity contribution < 1.29 is 13.6 Å². The molecule has 1 aliphatic carbocycles. The Labute approximate surface area is 203 Å². The van der Waals surface area contributed by atoms with Gasteiger partial charge in [0.1, 0.15) is 5.84 Å². The molecule has 1 saturated carbocycles. The van der Waals surface area contributed by atoms with Crippen LogP contribution in [0.4, 0.5) is 10.1 Å². The van der Waals surface area contributed by atoms with Gasteiger partial charge in [0.25, 0.3) is 0 Å². The Balaban J connectivity index is 1.59. The lowest BCUT2D eigenvalue weighted by Gasteiger charge is -2.44. The minimum atomic E-state index is -0.429. The highest BCUT2D eigenvalue weighted by molar-refractivity contribution is 6.04. The van der Waals surface area contributed by atoms with Gasteiger partial charge in [-0.3, -0.25) is 4.90 Å². The highest BCUT2D eigenvalue weighted by Gasteiger charge is 2.37. The molecule has 2 fully saturated rings. The van der Waals surface area contributed by atoms with Crippen LogP contribution in [0.1, 0.15) is 51.4 Å². The van der Waals surface area contributed by atoms with Gasteiger partial charge in [-0.15, -0.1) is 0 Å². The van der Waals surface area contributed by atoms with Crippen molar-refractivity contribution in [1.29, 1.82) is 0 Å². The third-order valence-corrected chi connectivity index (χ3v) is 7.67. The number of rotatable bonds is 5. The Morgan fingerprint density at radius 1 is 1.12 bits per heavy atom. The highest BCUT2D eigenvalue weighted by atomic mass is 19.1. The number of nitrogens with one attached hydrogen (secondary N) is 1. The predicted octanol–water partition coefficient (Wildman–Crippen LogP) is 3.61. The number of methoxy groups -OCH3 is 1. The molecule has 3 N–H and O–H groups in total. The molecule has 1 aromatic rings. The van der Waals surface area contributed by atoms with Gasteiger partial charge in [0.2, 0.25) is 5.96 Å². The van der Waals surface area contributed by atoms with Gasteiger partial charge in [0, 0.05) is 36.6 Å². The number of benzene rings is 1. The molecule has 4 rings (SSSR count). The molecule has 1 unspecified atom stereocenters. The van der Waals surface area contributed by atoms with Crippen LogP contribution in [0.5, 0.6) is 5.75 Å². The number of ether oxygens (including phenoxy) is 1. The lowest BCUT2D eigenvalue weighted by molar-refractivity contribution is -0.895. The van der Waals surface area contributed by atoms with E-state index in [-0.39, 0.29) is 12.0 Å². The largest absolute Gasteiger partial charge is 0.494 e. The Morgan fingerprint density at radius 3 is 2.41 bits per heavy atom. The summed E-state index contributed by atoms with van der Waals surface area (Å²) in [4.78, 5) is 12.3. The van der Waals surface area contributed by atoms with E-state index in [1.165, 1.54) is 38.9 Å². The third-order valence-electron chi connectivity index (χ3n) is 7.67. The number of guanidine groups is 1. The zero-order valence-electron chi connectivity index (χ0n) is 21.1. The van der Waals surface area contributed by atoms with Crippen molar-refractivity contribution >= 4 is 17.5 Å². The number of nitrogens with two attached hydrogens (primary N) is 1. The second kappa shape index (κ2) is 10.6. The Kier molecular flexibility index (Phi) is 7.74. The lowest BCUT2D eigenvalue weighted by Crippen LogP contribution is -2.61. The van der Waals surface area contributed by atoms with E-state index < -0.39 is 5.82 Å². The maximum atomic E-state index is 14.3. The van der Waals surface area contributed by atoms with Crippen molar-refractivity contribution in [3.05, 3.63) is 24.0 Å². The molecule has 0 bridgehead atoms. The molecule has 0 radical (unpaired) electrons. The van der Waals surface area contributed by atoms with Crippen molar-refractivity contribution in [3.63, 3.8) is 0 Å². The van der Waals surface area contributed by atoms with Gasteiger partial charge in [-0.25, -0.2) is 20.2 Å². The number of hydrogen-bond acceptors (Lipinski definition) is 7. The van der Waals surface area contributed by atoms with Gasteiger partial charge in [-0.1, -0.05) is 25.7 Å². The van der Waals surface area contributed by atoms with E-state index in [4.69, 9.17) is 20.6 Å². The van der Waals surface area contributed by atoms with Crippen LogP contribution in [0.15, 0.2) is 28.2 Å². The van der Waals surface area contributed by atoms with Gasteiger partial charge in [-0.2, -0.15) is 4.99 Å². The molecule has 1 aromatic carbocycles. The molecule has 9 heteroatoms. The number of likely N-dealkylation sites (tertiary alicyclic amines) is 1. The van der Waals surface area contributed by atoms with Crippen molar-refractivity contribution in [1.82, 2.24) is 9.91 Å². The average Bonchev–Trinajstić information content (AvgIpc) is 3.10. The number of hydrazine groups is 1. The maximum Gasteiger partial charge on any atom is 0.222 e. The first kappa shape index (κ1) is 24.9. The summed E-state index contributed by atoms with van der Waals surface area (Å²) in [5.74, 6) is 8.09. The number of halogens is 1. The van der Waals surface area contributed by atoms with E-state index in [1.807, 2.05) is 0 Å². The topological polar surface area (TPSA) is 78.5 Å². The fourth-order valence-corrected chi connectivity index (χ4v) is 5.32. The molecule has 0 amide bonds. The van der Waals surface area contributed by atoms with Crippen LogP contribution < -0.4 is 15.9 Å². The number of amidine groups is 1. The summed E-state index contributed by atoms with van der Waals surface area (Å²) in [5.41, 5.74) is 0.577. The van der Waals surface area contributed by atoms with E-state index in [2.05, 4.69) is 31.4 Å². The molecule has 1 saturated heterocycles. The molecule has 34 heavy (non-hydrogen) atoms. The fraction of sp³-hybridized carbons (Fsp3) is 0.680.